The monoisotopic (exact) mass is 298 g/mol. The van der Waals surface area contributed by atoms with Gasteiger partial charge in [-0.2, -0.15) is 0 Å². The fourth-order valence-electron chi connectivity index (χ4n) is 2.63. The molecule has 0 saturated carbocycles. The highest BCUT2D eigenvalue weighted by Gasteiger charge is 2.35. The van der Waals surface area contributed by atoms with Crippen molar-refractivity contribution >= 4 is 11.8 Å². The number of benzene rings is 1. The van der Waals surface area contributed by atoms with E-state index >= 15 is 0 Å². The van der Waals surface area contributed by atoms with Crippen LogP contribution >= 0.6 is 0 Å². The van der Waals surface area contributed by atoms with Crippen LogP contribution in [0.2, 0.25) is 0 Å². The van der Waals surface area contributed by atoms with Gasteiger partial charge in [0.2, 0.25) is 11.8 Å². The quantitative estimate of drug-likeness (QED) is 0.872. The van der Waals surface area contributed by atoms with Gasteiger partial charge in [-0.15, -0.1) is 0 Å². The molecule has 1 saturated heterocycles. The van der Waals surface area contributed by atoms with Gasteiger partial charge in [-0.3, -0.25) is 9.59 Å². The molecule has 0 radical (unpaired) electrons. The van der Waals surface area contributed by atoms with Crippen molar-refractivity contribution in [3.8, 4) is 0 Å². The van der Waals surface area contributed by atoms with Gasteiger partial charge in [-0.1, -0.05) is 29.8 Å². The molecule has 1 aliphatic heterocycles. The Morgan fingerprint density at radius 1 is 1.23 bits per heavy atom. The molecule has 1 fully saturated rings. The molecule has 0 aliphatic carbocycles. The normalized spacial score (nSPS) is 21.4. The Morgan fingerprint density at radius 3 is 2.73 bits per heavy atom. The molecule has 1 aromatic heterocycles. The average Bonchev–Trinajstić information content (AvgIpc) is 2.88. The first kappa shape index (κ1) is 14.3. The highest BCUT2D eigenvalue weighted by atomic mass is 16.2. The van der Waals surface area contributed by atoms with E-state index < -0.39 is 12.1 Å². The van der Waals surface area contributed by atoms with E-state index in [0.29, 0.717) is 6.42 Å². The number of hydrogen-bond acceptors (Lipinski definition) is 3. The van der Waals surface area contributed by atoms with Crippen molar-refractivity contribution in [1.29, 1.82) is 0 Å². The van der Waals surface area contributed by atoms with E-state index in [1.54, 1.807) is 6.20 Å². The summed E-state index contributed by atoms with van der Waals surface area (Å²) in [5, 5.41) is 5.60. The van der Waals surface area contributed by atoms with Gasteiger partial charge in [0.05, 0.1) is 0 Å². The lowest BCUT2D eigenvalue weighted by Crippen LogP contribution is -2.58. The van der Waals surface area contributed by atoms with Gasteiger partial charge in [0.1, 0.15) is 17.9 Å². The van der Waals surface area contributed by atoms with Crippen LogP contribution in [0.4, 0.5) is 0 Å². The van der Waals surface area contributed by atoms with E-state index in [4.69, 9.17) is 0 Å². The number of aryl methyl sites for hydroxylation is 2. The van der Waals surface area contributed by atoms with E-state index in [1.807, 2.05) is 49.0 Å². The number of aromatic nitrogens is 2. The van der Waals surface area contributed by atoms with Gasteiger partial charge >= 0.3 is 0 Å². The first-order valence-electron chi connectivity index (χ1n) is 7.18. The van der Waals surface area contributed by atoms with Crippen LogP contribution in [0.5, 0.6) is 0 Å². The van der Waals surface area contributed by atoms with Crippen molar-refractivity contribution < 1.29 is 9.59 Å². The largest absolute Gasteiger partial charge is 0.342 e. The van der Waals surface area contributed by atoms with E-state index in [9.17, 15) is 9.59 Å². The maximum absolute atomic E-state index is 12.3. The van der Waals surface area contributed by atoms with E-state index in [0.717, 1.165) is 17.0 Å². The summed E-state index contributed by atoms with van der Waals surface area (Å²) in [5.74, 6) is 0.382. The Morgan fingerprint density at radius 2 is 2.05 bits per heavy atom. The summed E-state index contributed by atoms with van der Waals surface area (Å²) in [6.45, 7) is 1.95. The second kappa shape index (κ2) is 5.63. The third kappa shape index (κ3) is 2.72. The summed E-state index contributed by atoms with van der Waals surface area (Å²) < 4.78 is 1.84. The molecule has 0 bridgehead atoms. The molecule has 2 atom stereocenters. The Bertz CT molecular complexity index is 722. The topological polar surface area (TPSA) is 76.0 Å². The molecule has 2 amide bonds. The van der Waals surface area contributed by atoms with Crippen molar-refractivity contribution in [3.05, 3.63) is 53.6 Å². The van der Waals surface area contributed by atoms with Crippen molar-refractivity contribution in [2.75, 3.05) is 0 Å². The van der Waals surface area contributed by atoms with Crippen LogP contribution in [0.15, 0.2) is 36.7 Å². The van der Waals surface area contributed by atoms with Crippen LogP contribution in [0.1, 0.15) is 23.0 Å². The van der Waals surface area contributed by atoms with Gasteiger partial charge < -0.3 is 15.2 Å². The molecule has 2 unspecified atom stereocenters. The maximum Gasteiger partial charge on any atom is 0.247 e. The van der Waals surface area contributed by atoms with E-state index in [-0.39, 0.29) is 11.8 Å². The summed E-state index contributed by atoms with van der Waals surface area (Å²) in [7, 11) is 1.86. The van der Waals surface area contributed by atoms with Crippen molar-refractivity contribution in [3.63, 3.8) is 0 Å². The molecular formula is C16H18N4O2. The molecule has 1 aromatic carbocycles. The third-order valence-electron chi connectivity index (χ3n) is 3.86. The van der Waals surface area contributed by atoms with Crippen molar-refractivity contribution in [1.82, 2.24) is 20.2 Å². The molecule has 6 nitrogen and oxygen atoms in total. The van der Waals surface area contributed by atoms with Crippen LogP contribution in [-0.4, -0.2) is 27.4 Å². The number of rotatable bonds is 3. The zero-order valence-electron chi connectivity index (χ0n) is 12.5. The number of carbonyl (C=O) groups is 2. The fourth-order valence-corrected chi connectivity index (χ4v) is 2.63. The minimum atomic E-state index is -0.634. The Balaban J connectivity index is 1.76. The van der Waals surface area contributed by atoms with Gasteiger partial charge in [0, 0.05) is 25.9 Å². The van der Waals surface area contributed by atoms with Gasteiger partial charge in [-0.25, -0.2) is 4.98 Å². The minimum Gasteiger partial charge on any atom is -0.342 e. The standard InChI is InChI=1S/C16H18N4O2/c1-10-4-3-5-11(8-10)14-16(22)18-12(15(21)19-14)9-13-17-6-7-20(13)2/h3-8,12,14H,9H2,1-2H3,(H,18,22)(H,19,21). The highest BCUT2D eigenvalue weighted by Crippen LogP contribution is 2.18. The van der Waals surface area contributed by atoms with Crippen LogP contribution < -0.4 is 10.6 Å². The second-order valence-electron chi connectivity index (χ2n) is 5.58. The predicted octanol–water partition coefficient (Wildman–Crippen LogP) is 0.627. The van der Waals surface area contributed by atoms with Crippen LogP contribution in [0.3, 0.4) is 0 Å². The van der Waals surface area contributed by atoms with Crippen molar-refractivity contribution in [2.45, 2.75) is 25.4 Å². The number of amides is 2. The summed E-state index contributed by atoms with van der Waals surface area (Å²) in [5.41, 5.74) is 1.84. The van der Waals surface area contributed by atoms with E-state index in [1.165, 1.54) is 0 Å². The average molecular weight is 298 g/mol. The molecule has 0 spiro atoms. The number of carbonyl (C=O) groups excluding carboxylic acids is 2. The molecule has 2 aromatic rings. The number of imidazole rings is 1. The molecule has 114 valence electrons. The Labute approximate surface area is 128 Å². The summed E-state index contributed by atoms with van der Waals surface area (Å²) >= 11 is 0. The van der Waals surface area contributed by atoms with Gasteiger partial charge in [0.25, 0.3) is 0 Å². The molecule has 2 N–H and O–H groups in total. The molecular weight excluding hydrogens is 280 g/mol. The van der Waals surface area contributed by atoms with Crippen LogP contribution in [0.25, 0.3) is 0 Å². The predicted molar refractivity (Wildman–Crippen MR) is 80.9 cm³/mol. The molecule has 2 heterocycles. The van der Waals surface area contributed by atoms with Crippen LogP contribution in [-0.2, 0) is 23.1 Å². The lowest BCUT2D eigenvalue weighted by molar-refractivity contribution is -0.137. The zero-order valence-corrected chi connectivity index (χ0v) is 12.5. The number of nitrogens with zero attached hydrogens (tertiary/aromatic N) is 2. The maximum atomic E-state index is 12.3. The van der Waals surface area contributed by atoms with Crippen molar-refractivity contribution in [2.24, 2.45) is 7.05 Å². The molecule has 22 heavy (non-hydrogen) atoms. The number of nitrogens with one attached hydrogen (secondary N) is 2. The lowest BCUT2D eigenvalue weighted by Gasteiger charge is -2.29. The third-order valence-corrected chi connectivity index (χ3v) is 3.86. The van der Waals surface area contributed by atoms with E-state index in [2.05, 4.69) is 15.6 Å². The molecule has 3 rings (SSSR count). The fraction of sp³-hybridized carbons (Fsp3) is 0.312. The second-order valence-corrected chi connectivity index (χ2v) is 5.58. The summed E-state index contributed by atoms with van der Waals surface area (Å²) in [4.78, 5) is 28.8. The number of piperazine rings is 1. The molecule has 1 aliphatic rings. The first-order valence-corrected chi connectivity index (χ1v) is 7.18. The first-order chi connectivity index (χ1) is 10.5. The lowest BCUT2D eigenvalue weighted by atomic mass is 9.99. The van der Waals surface area contributed by atoms with Gasteiger partial charge in [0.15, 0.2) is 0 Å². The Hall–Kier alpha value is -2.63. The Kier molecular flexibility index (Phi) is 3.66. The smallest absolute Gasteiger partial charge is 0.247 e. The summed E-state index contributed by atoms with van der Waals surface area (Å²) in [6, 6.07) is 6.36. The SMILES string of the molecule is Cc1cccc(C2NC(=O)C(Cc3nccn3C)NC2=O)c1. The van der Waals surface area contributed by atoms with Crippen LogP contribution in [0, 0.1) is 6.92 Å². The zero-order chi connectivity index (χ0) is 15.7. The van der Waals surface area contributed by atoms with Gasteiger partial charge in [-0.05, 0) is 12.5 Å². The number of hydrogen-bond donors (Lipinski definition) is 2. The minimum absolute atomic E-state index is 0.186. The summed E-state index contributed by atoms with van der Waals surface area (Å²) in [6.07, 6.45) is 3.86. The highest BCUT2D eigenvalue weighted by molar-refractivity contribution is 5.97. The molecule has 6 heteroatoms.